The van der Waals surface area contributed by atoms with Gasteiger partial charge in [-0.05, 0) is 25.3 Å². The van der Waals surface area contributed by atoms with E-state index in [0.717, 1.165) is 12.8 Å². The highest BCUT2D eigenvalue weighted by Gasteiger charge is 2.27. The summed E-state index contributed by atoms with van der Waals surface area (Å²) in [7, 11) is 0. The van der Waals surface area contributed by atoms with Gasteiger partial charge in [-0.15, -0.1) is 10.2 Å². The van der Waals surface area contributed by atoms with Crippen LogP contribution in [-0.4, -0.2) is 24.7 Å². The zero-order chi connectivity index (χ0) is 22.9. The summed E-state index contributed by atoms with van der Waals surface area (Å²) in [6, 6.07) is 1.83. The van der Waals surface area contributed by atoms with Crippen molar-refractivity contribution in [2.24, 2.45) is 10.2 Å². The number of aromatic nitrogens is 4. The lowest BCUT2D eigenvalue weighted by atomic mass is 9.90. The van der Waals surface area contributed by atoms with Crippen LogP contribution in [0.3, 0.4) is 0 Å². The number of aromatic amines is 1. The Bertz CT molecular complexity index is 1280. The summed E-state index contributed by atoms with van der Waals surface area (Å²) >= 11 is 0. The van der Waals surface area contributed by atoms with Gasteiger partial charge in [-0.1, -0.05) is 57.2 Å². The molecule has 0 fully saturated rings. The lowest BCUT2D eigenvalue weighted by Crippen LogP contribution is -2.27. The van der Waals surface area contributed by atoms with Gasteiger partial charge in [0, 0.05) is 5.41 Å². The number of nitrogens with zero attached hydrogens (tertiary/aromatic N) is 6. The fraction of sp³-hybridized carbons (Fsp3) is 0.348. The fourth-order valence-corrected chi connectivity index (χ4v) is 3.79. The van der Waals surface area contributed by atoms with E-state index in [1.54, 1.807) is 0 Å². The number of hydrogen-bond donors (Lipinski definition) is 2. The molecule has 2 aliphatic rings. The van der Waals surface area contributed by atoms with E-state index >= 15 is 0 Å². The highest BCUT2D eigenvalue weighted by atomic mass is 16.3. The van der Waals surface area contributed by atoms with Gasteiger partial charge < -0.3 is 5.11 Å². The number of aromatic hydroxyl groups is 1. The first kappa shape index (κ1) is 21.3. The maximum Gasteiger partial charge on any atom is 0.299 e. The molecule has 2 aromatic rings. The van der Waals surface area contributed by atoms with Gasteiger partial charge in [0.15, 0.2) is 5.82 Å². The second-order valence-electron chi connectivity index (χ2n) is 8.72. The van der Waals surface area contributed by atoms with E-state index in [9.17, 15) is 15.2 Å². The molecule has 1 atom stereocenters. The summed E-state index contributed by atoms with van der Waals surface area (Å²) in [6.45, 7) is 5.81. The molecule has 0 amide bonds. The minimum atomic E-state index is -0.467. The molecule has 9 nitrogen and oxygen atoms in total. The summed E-state index contributed by atoms with van der Waals surface area (Å²) in [5.41, 5.74) is 0.496. The number of nitriles is 1. The predicted octanol–water partition coefficient (Wildman–Crippen LogP) is 4.91. The smallest absolute Gasteiger partial charge is 0.299 e. The lowest BCUT2D eigenvalue weighted by molar-refractivity contribution is 0.395. The Hall–Kier alpha value is -3.93. The molecule has 2 N–H and O–H groups in total. The zero-order valence-corrected chi connectivity index (χ0v) is 18.3. The third-order valence-electron chi connectivity index (χ3n) is 5.35. The normalized spacial score (nSPS) is 18.3. The molecule has 0 saturated heterocycles. The quantitative estimate of drug-likeness (QED) is 0.667. The molecule has 0 spiro atoms. The van der Waals surface area contributed by atoms with Crippen molar-refractivity contribution in [2.45, 2.75) is 51.5 Å². The molecule has 164 valence electrons. The van der Waals surface area contributed by atoms with Crippen molar-refractivity contribution in [1.29, 1.82) is 5.26 Å². The van der Waals surface area contributed by atoms with Crippen molar-refractivity contribution in [3.8, 4) is 11.9 Å². The van der Waals surface area contributed by atoms with Gasteiger partial charge in [-0.2, -0.15) is 10.4 Å². The van der Waals surface area contributed by atoms with Crippen LogP contribution >= 0.6 is 0 Å². The highest BCUT2D eigenvalue weighted by Crippen LogP contribution is 2.34. The SMILES string of the molecule is CC(C)(C)c1n[nH]c(/N=N\c2c(O)n(C3=CCCC=C3)n(C3C=CC=CC3)c2=O)c1C#N. The van der Waals surface area contributed by atoms with Crippen molar-refractivity contribution in [3.63, 3.8) is 0 Å². The van der Waals surface area contributed by atoms with Crippen LogP contribution in [0.5, 0.6) is 5.88 Å². The fourth-order valence-electron chi connectivity index (χ4n) is 3.79. The Labute approximate surface area is 185 Å². The molecule has 9 heteroatoms. The Kier molecular flexibility index (Phi) is 5.53. The largest absolute Gasteiger partial charge is 0.492 e. The van der Waals surface area contributed by atoms with Crippen molar-refractivity contribution < 1.29 is 5.11 Å². The number of allylic oxidation sites excluding steroid dienone is 8. The van der Waals surface area contributed by atoms with Gasteiger partial charge in [0.05, 0.1) is 17.4 Å². The van der Waals surface area contributed by atoms with Crippen molar-refractivity contribution in [3.05, 3.63) is 64.1 Å². The van der Waals surface area contributed by atoms with Gasteiger partial charge >= 0.3 is 0 Å². The Morgan fingerprint density at radius 2 is 2.06 bits per heavy atom. The Morgan fingerprint density at radius 1 is 1.25 bits per heavy atom. The average molecular weight is 432 g/mol. The predicted molar refractivity (Wildman–Crippen MR) is 121 cm³/mol. The number of rotatable bonds is 4. The van der Waals surface area contributed by atoms with Crippen LogP contribution in [0.4, 0.5) is 11.5 Å². The van der Waals surface area contributed by atoms with E-state index in [1.165, 1.54) is 9.36 Å². The van der Waals surface area contributed by atoms with Crippen LogP contribution < -0.4 is 5.56 Å². The molecule has 1 unspecified atom stereocenters. The lowest BCUT2D eigenvalue weighted by Gasteiger charge is -2.21. The number of nitrogens with one attached hydrogen (secondary N) is 1. The molecule has 2 heterocycles. The molecule has 32 heavy (non-hydrogen) atoms. The van der Waals surface area contributed by atoms with Crippen molar-refractivity contribution >= 4 is 17.2 Å². The maximum absolute atomic E-state index is 13.3. The molecule has 0 aromatic carbocycles. The minimum absolute atomic E-state index is 0.146. The topological polar surface area (TPSA) is 124 Å². The van der Waals surface area contributed by atoms with Gasteiger partial charge in [-0.25, -0.2) is 9.36 Å². The van der Waals surface area contributed by atoms with E-state index in [1.807, 2.05) is 63.3 Å². The molecule has 2 aromatic heterocycles. The van der Waals surface area contributed by atoms with Crippen molar-refractivity contribution in [1.82, 2.24) is 19.6 Å². The molecule has 4 rings (SSSR count). The molecular formula is C23H25N7O2. The Morgan fingerprint density at radius 3 is 2.69 bits per heavy atom. The van der Waals surface area contributed by atoms with Crippen LogP contribution in [0.15, 0.2) is 57.6 Å². The number of azo groups is 1. The molecule has 0 radical (unpaired) electrons. The molecule has 2 aliphatic carbocycles. The van der Waals surface area contributed by atoms with Gasteiger partial charge in [0.25, 0.3) is 5.56 Å². The molecular weight excluding hydrogens is 406 g/mol. The zero-order valence-electron chi connectivity index (χ0n) is 18.3. The van der Waals surface area contributed by atoms with E-state index in [2.05, 4.69) is 26.5 Å². The van der Waals surface area contributed by atoms with Gasteiger partial charge in [-0.3, -0.25) is 9.89 Å². The van der Waals surface area contributed by atoms with Crippen LogP contribution in [0.25, 0.3) is 5.70 Å². The highest BCUT2D eigenvalue weighted by molar-refractivity contribution is 5.63. The minimum Gasteiger partial charge on any atom is -0.492 e. The number of hydrogen-bond acceptors (Lipinski definition) is 6. The standard InChI is InChI=1S/C23H25N7O2/c1-23(2,3)19-17(14-24)20(28-26-19)27-25-18-21(31)29(15-10-6-4-7-11-15)30(22(18)32)16-12-8-5-9-13-16/h4,6-8,10,12-13,15,32H,5,9,11H2,1-3H3,(H,26,28)/b27-25-. The van der Waals surface area contributed by atoms with Gasteiger partial charge in [0.1, 0.15) is 11.6 Å². The van der Waals surface area contributed by atoms with Crippen LogP contribution in [0, 0.1) is 11.3 Å². The summed E-state index contributed by atoms with van der Waals surface area (Å²) in [4.78, 5) is 13.3. The first-order valence-electron chi connectivity index (χ1n) is 10.5. The summed E-state index contributed by atoms with van der Waals surface area (Å²) in [5, 5.41) is 35.6. The van der Waals surface area contributed by atoms with E-state index in [-0.39, 0.29) is 34.4 Å². The second kappa shape index (κ2) is 8.30. The first-order valence-corrected chi connectivity index (χ1v) is 10.5. The van der Waals surface area contributed by atoms with E-state index in [4.69, 9.17) is 0 Å². The average Bonchev–Trinajstić information content (AvgIpc) is 3.31. The monoisotopic (exact) mass is 431 g/mol. The molecule has 0 saturated carbocycles. The third kappa shape index (κ3) is 3.75. The Balaban J connectivity index is 1.83. The van der Waals surface area contributed by atoms with E-state index < -0.39 is 5.56 Å². The third-order valence-corrected chi connectivity index (χ3v) is 5.35. The van der Waals surface area contributed by atoms with Crippen LogP contribution in [-0.2, 0) is 5.41 Å². The summed E-state index contributed by atoms with van der Waals surface area (Å²) in [5.74, 6) is -0.152. The maximum atomic E-state index is 13.3. The van der Waals surface area contributed by atoms with Crippen LogP contribution in [0.1, 0.15) is 57.3 Å². The summed E-state index contributed by atoms with van der Waals surface area (Å²) in [6.07, 6.45) is 15.8. The summed E-state index contributed by atoms with van der Waals surface area (Å²) < 4.78 is 2.98. The van der Waals surface area contributed by atoms with Crippen molar-refractivity contribution in [2.75, 3.05) is 0 Å². The van der Waals surface area contributed by atoms with Crippen LogP contribution in [0.2, 0.25) is 0 Å². The number of H-pyrrole nitrogens is 1. The molecule has 0 aliphatic heterocycles. The van der Waals surface area contributed by atoms with Gasteiger partial charge in [0.2, 0.25) is 11.6 Å². The first-order chi connectivity index (χ1) is 15.3. The second-order valence-corrected chi connectivity index (χ2v) is 8.72. The van der Waals surface area contributed by atoms with E-state index in [0.29, 0.717) is 17.8 Å². The molecule has 0 bridgehead atoms.